The number of aryl methyl sites for hydroxylation is 1. The topological polar surface area (TPSA) is 47.1 Å². The Bertz CT molecular complexity index is 521. The van der Waals surface area contributed by atoms with Crippen molar-refractivity contribution in [1.82, 2.24) is 9.55 Å². The predicted molar refractivity (Wildman–Crippen MR) is 78.9 cm³/mol. The minimum atomic E-state index is 0.781. The molecule has 17 heavy (non-hydrogen) atoms. The Labute approximate surface area is 115 Å². The first-order valence-electron chi connectivity index (χ1n) is 5.30. The number of rotatable bonds is 3. The van der Waals surface area contributed by atoms with Gasteiger partial charge >= 0.3 is 0 Å². The van der Waals surface area contributed by atoms with Gasteiger partial charge in [-0.3, -0.25) is 0 Å². The first-order chi connectivity index (χ1) is 8.08. The van der Waals surface area contributed by atoms with E-state index in [0.717, 1.165) is 21.6 Å². The molecule has 2 rings (SSSR count). The van der Waals surface area contributed by atoms with Gasteiger partial charge in [-0.1, -0.05) is 0 Å². The number of benzene rings is 1. The number of halogens is 1. The SMILES string of the molecule is CN(Cc1nccn1C)c1ccc(N)cc1I. The van der Waals surface area contributed by atoms with Crippen molar-refractivity contribution < 1.29 is 0 Å². The Balaban J connectivity index is 2.20. The number of hydrogen-bond donors (Lipinski definition) is 1. The maximum Gasteiger partial charge on any atom is 0.127 e. The fourth-order valence-corrected chi connectivity index (χ4v) is 2.63. The summed E-state index contributed by atoms with van der Waals surface area (Å²) in [6.07, 6.45) is 3.77. The lowest BCUT2D eigenvalue weighted by molar-refractivity contribution is 0.761. The maximum absolute atomic E-state index is 5.75. The van der Waals surface area contributed by atoms with Crippen LogP contribution in [0.2, 0.25) is 0 Å². The second-order valence-corrected chi connectivity index (χ2v) is 5.18. The third-order valence-electron chi connectivity index (χ3n) is 2.68. The summed E-state index contributed by atoms with van der Waals surface area (Å²) in [7, 11) is 4.06. The van der Waals surface area contributed by atoms with Crippen molar-refractivity contribution in [3.05, 3.63) is 40.0 Å². The van der Waals surface area contributed by atoms with E-state index in [9.17, 15) is 0 Å². The van der Waals surface area contributed by atoms with Crippen molar-refractivity contribution >= 4 is 34.0 Å². The van der Waals surface area contributed by atoms with Crippen LogP contribution in [-0.2, 0) is 13.6 Å². The molecule has 0 amide bonds. The fourth-order valence-electron chi connectivity index (χ4n) is 1.68. The lowest BCUT2D eigenvalue weighted by Crippen LogP contribution is -2.19. The molecule has 0 saturated carbocycles. The van der Waals surface area contributed by atoms with Crippen LogP contribution in [0.25, 0.3) is 0 Å². The molecule has 0 aliphatic carbocycles. The summed E-state index contributed by atoms with van der Waals surface area (Å²) in [5.41, 5.74) is 7.71. The number of hydrogen-bond acceptors (Lipinski definition) is 3. The summed E-state index contributed by atoms with van der Waals surface area (Å²) in [6, 6.07) is 5.94. The molecule has 0 radical (unpaired) electrons. The zero-order valence-electron chi connectivity index (χ0n) is 9.89. The summed E-state index contributed by atoms with van der Waals surface area (Å²) in [6.45, 7) is 0.781. The first kappa shape index (κ1) is 12.2. The number of aromatic nitrogens is 2. The zero-order chi connectivity index (χ0) is 12.4. The lowest BCUT2D eigenvalue weighted by atomic mass is 10.2. The van der Waals surface area contributed by atoms with Crippen LogP contribution in [0.15, 0.2) is 30.6 Å². The van der Waals surface area contributed by atoms with E-state index >= 15 is 0 Å². The molecule has 0 bridgehead atoms. The third-order valence-corrected chi connectivity index (χ3v) is 3.55. The molecule has 0 saturated heterocycles. The number of nitrogen functional groups attached to an aromatic ring is 1. The van der Waals surface area contributed by atoms with Gasteiger partial charge in [-0.25, -0.2) is 4.98 Å². The second kappa shape index (κ2) is 4.95. The van der Waals surface area contributed by atoms with Crippen LogP contribution in [0.3, 0.4) is 0 Å². The van der Waals surface area contributed by atoms with Crippen molar-refractivity contribution in [3.63, 3.8) is 0 Å². The highest BCUT2D eigenvalue weighted by Gasteiger charge is 2.08. The molecule has 5 heteroatoms. The highest BCUT2D eigenvalue weighted by Crippen LogP contribution is 2.24. The quantitative estimate of drug-likeness (QED) is 0.688. The number of nitrogens with two attached hydrogens (primary N) is 1. The molecule has 0 fully saturated rings. The average Bonchev–Trinajstić information content (AvgIpc) is 2.64. The summed E-state index contributed by atoms with van der Waals surface area (Å²) in [5, 5.41) is 0. The largest absolute Gasteiger partial charge is 0.399 e. The number of nitrogens with zero attached hydrogens (tertiary/aromatic N) is 3. The summed E-state index contributed by atoms with van der Waals surface area (Å²) in [4.78, 5) is 6.49. The highest BCUT2D eigenvalue weighted by molar-refractivity contribution is 14.1. The molecule has 4 nitrogen and oxygen atoms in total. The monoisotopic (exact) mass is 342 g/mol. The molecular weight excluding hydrogens is 327 g/mol. The Morgan fingerprint density at radius 3 is 2.82 bits per heavy atom. The molecule has 2 aromatic rings. The van der Waals surface area contributed by atoms with Gasteiger partial charge in [0.1, 0.15) is 5.82 Å². The normalized spacial score (nSPS) is 10.5. The standard InChI is InChI=1S/C12H15IN4/c1-16-6-5-15-12(16)8-17(2)11-4-3-9(14)7-10(11)13/h3-7H,8,14H2,1-2H3. The van der Waals surface area contributed by atoms with Gasteiger partial charge in [-0.2, -0.15) is 0 Å². The van der Waals surface area contributed by atoms with Crippen LogP contribution < -0.4 is 10.6 Å². The van der Waals surface area contributed by atoms with Crippen LogP contribution in [-0.4, -0.2) is 16.6 Å². The summed E-state index contributed by atoms with van der Waals surface area (Å²) >= 11 is 2.30. The first-order valence-corrected chi connectivity index (χ1v) is 6.38. The van der Waals surface area contributed by atoms with Crippen LogP contribution >= 0.6 is 22.6 Å². The smallest absolute Gasteiger partial charge is 0.127 e. The summed E-state index contributed by atoms with van der Waals surface area (Å²) in [5.74, 6) is 1.04. The van der Waals surface area contributed by atoms with Gasteiger partial charge in [0.2, 0.25) is 0 Å². The van der Waals surface area contributed by atoms with E-state index in [2.05, 4.69) is 39.5 Å². The van der Waals surface area contributed by atoms with E-state index in [0.29, 0.717) is 0 Å². The molecule has 90 valence electrons. The third kappa shape index (κ3) is 2.71. The highest BCUT2D eigenvalue weighted by atomic mass is 127. The fraction of sp³-hybridized carbons (Fsp3) is 0.250. The van der Waals surface area contributed by atoms with Crippen LogP contribution in [0.4, 0.5) is 11.4 Å². The van der Waals surface area contributed by atoms with E-state index < -0.39 is 0 Å². The van der Waals surface area contributed by atoms with Gasteiger partial charge < -0.3 is 15.2 Å². The van der Waals surface area contributed by atoms with E-state index in [-0.39, 0.29) is 0 Å². The molecule has 2 N–H and O–H groups in total. The molecule has 1 aromatic heterocycles. The minimum Gasteiger partial charge on any atom is -0.399 e. The average molecular weight is 342 g/mol. The predicted octanol–water partition coefficient (Wildman–Crippen LogP) is 2.24. The number of anilines is 2. The molecule has 1 aromatic carbocycles. The van der Waals surface area contributed by atoms with E-state index in [4.69, 9.17) is 5.73 Å². The van der Waals surface area contributed by atoms with Gasteiger partial charge in [0.25, 0.3) is 0 Å². The lowest BCUT2D eigenvalue weighted by Gasteiger charge is -2.20. The maximum atomic E-state index is 5.75. The molecule has 0 aliphatic heterocycles. The van der Waals surface area contributed by atoms with Crippen molar-refractivity contribution in [3.8, 4) is 0 Å². The minimum absolute atomic E-state index is 0.781. The van der Waals surface area contributed by atoms with Crippen LogP contribution in [0, 0.1) is 3.57 Å². The van der Waals surface area contributed by atoms with Crippen LogP contribution in [0.1, 0.15) is 5.82 Å². The van der Waals surface area contributed by atoms with E-state index in [1.54, 1.807) is 0 Å². The van der Waals surface area contributed by atoms with Crippen LogP contribution in [0.5, 0.6) is 0 Å². The number of imidazole rings is 1. The Morgan fingerprint density at radius 1 is 1.47 bits per heavy atom. The molecule has 0 unspecified atom stereocenters. The zero-order valence-corrected chi connectivity index (χ0v) is 12.0. The van der Waals surface area contributed by atoms with Crippen molar-refractivity contribution in [1.29, 1.82) is 0 Å². The van der Waals surface area contributed by atoms with Crippen molar-refractivity contribution in [2.45, 2.75) is 6.54 Å². The Kier molecular flexibility index (Phi) is 3.56. The Morgan fingerprint density at radius 2 is 2.24 bits per heavy atom. The Hall–Kier alpha value is -1.24. The van der Waals surface area contributed by atoms with E-state index in [1.807, 2.05) is 42.2 Å². The van der Waals surface area contributed by atoms with Gasteiger partial charge in [-0.15, -0.1) is 0 Å². The van der Waals surface area contributed by atoms with Gasteiger partial charge in [0.05, 0.1) is 12.2 Å². The molecule has 0 spiro atoms. The molecule has 0 aliphatic rings. The van der Waals surface area contributed by atoms with Gasteiger partial charge in [-0.05, 0) is 40.8 Å². The second-order valence-electron chi connectivity index (χ2n) is 4.02. The van der Waals surface area contributed by atoms with E-state index in [1.165, 1.54) is 5.69 Å². The molecular formula is C12H15IN4. The van der Waals surface area contributed by atoms with Gasteiger partial charge in [0, 0.05) is 35.7 Å². The summed E-state index contributed by atoms with van der Waals surface area (Å²) < 4.78 is 3.18. The van der Waals surface area contributed by atoms with Gasteiger partial charge in [0.15, 0.2) is 0 Å². The van der Waals surface area contributed by atoms with Crippen molar-refractivity contribution in [2.24, 2.45) is 7.05 Å². The van der Waals surface area contributed by atoms with Crippen molar-refractivity contribution in [2.75, 3.05) is 17.7 Å². The molecule has 0 atom stereocenters. The molecule has 1 heterocycles.